The number of unbranched alkanes of at least 4 members (excludes halogenated alkanes) is 1. The van der Waals surface area contributed by atoms with Crippen LogP contribution in [0.25, 0.3) is 0 Å². The number of hydrogen-bond donors (Lipinski definition) is 3. The maximum Gasteiger partial charge on any atom is 0.259 e. The van der Waals surface area contributed by atoms with Crippen LogP contribution < -0.4 is 16.4 Å². The molecule has 0 radical (unpaired) electrons. The van der Waals surface area contributed by atoms with Gasteiger partial charge < -0.3 is 11.1 Å². The fraction of sp³-hybridized carbons (Fsp3) is 0.357. The molecule has 1 aliphatic heterocycles. The standard InChI is InChI=1S/C14H17N3O3/c1-2-3-4-11(15)14(20)16-8-5-6-9-10(7-8)13(19)17-12(9)18/h5-7,11H,2-4,15H2,1H3,(H,16,20)(H,17,18,19)/t11-/m0/s1. The summed E-state index contributed by atoms with van der Waals surface area (Å²) < 4.78 is 0. The van der Waals surface area contributed by atoms with E-state index in [-0.39, 0.29) is 11.5 Å². The van der Waals surface area contributed by atoms with Gasteiger partial charge in [0.05, 0.1) is 17.2 Å². The molecule has 1 heterocycles. The Labute approximate surface area is 116 Å². The monoisotopic (exact) mass is 275 g/mol. The fourth-order valence-electron chi connectivity index (χ4n) is 2.04. The van der Waals surface area contributed by atoms with Crippen LogP contribution in [-0.2, 0) is 4.79 Å². The Kier molecular flexibility index (Phi) is 4.14. The van der Waals surface area contributed by atoms with Crippen LogP contribution in [0.15, 0.2) is 18.2 Å². The van der Waals surface area contributed by atoms with Gasteiger partial charge in [-0.3, -0.25) is 19.7 Å². The van der Waals surface area contributed by atoms with E-state index in [1.165, 1.54) is 12.1 Å². The van der Waals surface area contributed by atoms with Crippen LogP contribution in [0.1, 0.15) is 46.9 Å². The maximum absolute atomic E-state index is 11.9. The molecule has 6 nitrogen and oxygen atoms in total. The van der Waals surface area contributed by atoms with Crippen LogP contribution in [-0.4, -0.2) is 23.8 Å². The number of benzene rings is 1. The van der Waals surface area contributed by atoms with Gasteiger partial charge in [-0.1, -0.05) is 19.8 Å². The largest absolute Gasteiger partial charge is 0.325 e. The molecule has 4 N–H and O–H groups in total. The summed E-state index contributed by atoms with van der Waals surface area (Å²) in [4.78, 5) is 34.8. The highest BCUT2D eigenvalue weighted by molar-refractivity contribution is 6.22. The number of carbonyl (C=O) groups is 3. The SMILES string of the molecule is CCCC[C@H](N)C(=O)Nc1ccc2c(c1)C(=O)NC2=O. The molecule has 1 aromatic rings. The minimum Gasteiger partial charge on any atom is -0.325 e. The molecule has 0 bridgehead atoms. The lowest BCUT2D eigenvalue weighted by molar-refractivity contribution is -0.117. The summed E-state index contributed by atoms with van der Waals surface area (Å²) in [5, 5.41) is 4.86. The Balaban J connectivity index is 2.08. The number of anilines is 1. The average molecular weight is 275 g/mol. The van der Waals surface area contributed by atoms with Gasteiger partial charge in [-0.2, -0.15) is 0 Å². The van der Waals surface area contributed by atoms with E-state index in [1.807, 2.05) is 6.92 Å². The molecule has 20 heavy (non-hydrogen) atoms. The van der Waals surface area contributed by atoms with Crippen molar-refractivity contribution in [3.63, 3.8) is 0 Å². The van der Waals surface area contributed by atoms with Crippen LogP contribution in [0.5, 0.6) is 0 Å². The number of hydrogen-bond acceptors (Lipinski definition) is 4. The molecule has 2 rings (SSSR count). The van der Waals surface area contributed by atoms with Gasteiger partial charge >= 0.3 is 0 Å². The number of fused-ring (bicyclic) bond motifs is 1. The van der Waals surface area contributed by atoms with Crippen LogP contribution >= 0.6 is 0 Å². The molecule has 1 atom stereocenters. The smallest absolute Gasteiger partial charge is 0.259 e. The molecule has 1 aromatic carbocycles. The summed E-state index contributed by atoms with van der Waals surface area (Å²) in [6.45, 7) is 2.03. The minimum atomic E-state index is -0.571. The lowest BCUT2D eigenvalue weighted by Gasteiger charge is -2.12. The quantitative estimate of drug-likeness (QED) is 0.698. The zero-order chi connectivity index (χ0) is 14.7. The topological polar surface area (TPSA) is 101 Å². The zero-order valence-corrected chi connectivity index (χ0v) is 11.2. The highest BCUT2D eigenvalue weighted by atomic mass is 16.2. The summed E-state index contributed by atoms with van der Waals surface area (Å²) in [6.07, 6.45) is 2.48. The summed E-state index contributed by atoms with van der Waals surface area (Å²) in [5.41, 5.74) is 6.83. The second kappa shape index (κ2) is 5.83. The van der Waals surface area contributed by atoms with Crippen molar-refractivity contribution < 1.29 is 14.4 Å². The van der Waals surface area contributed by atoms with E-state index in [4.69, 9.17) is 5.73 Å². The van der Waals surface area contributed by atoms with Crippen molar-refractivity contribution in [3.8, 4) is 0 Å². The number of imide groups is 1. The highest BCUT2D eigenvalue weighted by Crippen LogP contribution is 2.20. The normalized spacial score (nSPS) is 14.7. The molecule has 0 saturated heterocycles. The summed E-state index contributed by atoms with van der Waals surface area (Å²) in [7, 11) is 0. The molecule has 106 valence electrons. The van der Waals surface area contributed by atoms with Gasteiger partial charge in [0, 0.05) is 5.69 Å². The third-order valence-electron chi connectivity index (χ3n) is 3.21. The van der Waals surface area contributed by atoms with Crippen molar-refractivity contribution in [1.29, 1.82) is 0 Å². The van der Waals surface area contributed by atoms with Crippen molar-refractivity contribution in [2.45, 2.75) is 32.2 Å². The molecule has 0 saturated carbocycles. The van der Waals surface area contributed by atoms with Crippen LogP contribution in [0.4, 0.5) is 5.69 Å². The van der Waals surface area contributed by atoms with Crippen molar-refractivity contribution in [2.24, 2.45) is 5.73 Å². The van der Waals surface area contributed by atoms with Crippen LogP contribution in [0, 0.1) is 0 Å². The summed E-state index contributed by atoms with van der Waals surface area (Å²) in [6, 6.07) is 4.02. The van der Waals surface area contributed by atoms with E-state index in [1.54, 1.807) is 6.07 Å². The minimum absolute atomic E-state index is 0.273. The van der Waals surface area contributed by atoms with Crippen molar-refractivity contribution in [3.05, 3.63) is 29.3 Å². The second-order valence-electron chi connectivity index (χ2n) is 4.78. The molecule has 0 aromatic heterocycles. The van der Waals surface area contributed by atoms with Crippen LogP contribution in [0.3, 0.4) is 0 Å². The first kappa shape index (κ1) is 14.2. The second-order valence-corrected chi connectivity index (χ2v) is 4.78. The molecule has 0 spiro atoms. The van der Waals surface area contributed by atoms with Crippen molar-refractivity contribution in [1.82, 2.24) is 5.32 Å². The van der Waals surface area contributed by atoms with E-state index < -0.39 is 17.9 Å². The number of nitrogens with two attached hydrogens (primary N) is 1. The summed E-state index contributed by atoms with van der Waals surface area (Å²) >= 11 is 0. The Morgan fingerprint density at radius 1 is 1.30 bits per heavy atom. The van der Waals surface area contributed by atoms with Gasteiger partial charge in [0.2, 0.25) is 5.91 Å². The lowest BCUT2D eigenvalue weighted by atomic mass is 10.1. The highest BCUT2D eigenvalue weighted by Gasteiger charge is 2.27. The first-order chi connectivity index (χ1) is 9.52. The van der Waals surface area contributed by atoms with Gasteiger partial charge in [0.1, 0.15) is 0 Å². The van der Waals surface area contributed by atoms with E-state index in [0.717, 1.165) is 12.8 Å². The first-order valence-corrected chi connectivity index (χ1v) is 6.59. The molecular weight excluding hydrogens is 258 g/mol. The van der Waals surface area contributed by atoms with Crippen LogP contribution in [0.2, 0.25) is 0 Å². The Bertz CT molecular complexity index is 569. The van der Waals surface area contributed by atoms with Gasteiger partial charge in [0.15, 0.2) is 0 Å². The lowest BCUT2D eigenvalue weighted by Crippen LogP contribution is -2.35. The van der Waals surface area contributed by atoms with Gasteiger partial charge in [0.25, 0.3) is 11.8 Å². The van der Waals surface area contributed by atoms with E-state index in [9.17, 15) is 14.4 Å². The third kappa shape index (κ3) is 2.85. The van der Waals surface area contributed by atoms with E-state index in [2.05, 4.69) is 10.6 Å². The number of carbonyl (C=O) groups excluding carboxylic acids is 3. The number of rotatable bonds is 5. The number of amides is 3. The van der Waals surface area contributed by atoms with Gasteiger partial charge in [-0.15, -0.1) is 0 Å². The first-order valence-electron chi connectivity index (χ1n) is 6.59. The molecule has 0 aliphatic carbocycles. The molecule has 1 aliphatic rings. The van der Waals surface area contributed by atoms with E-state index >= 15 is 0 Å². The van der Waals surface area contributed by atoms with Crippen molar-refractivity contribution >= 4 is 23.4 Å². The molecule has 6 heteroatoms. The average Bonchev–Trinajstić information content (AvgIpc) is 2.71. The Morgan fingerprint density at radius 2 is 2.00 bits per heavy atom. The fourth-order valence-corrected chi connectivity index (χ4v) is 2.04. The number of nitrogens with one attached hydrogen (secondary N) is 2. The Hall–Kier alpha value is -2.21. The molecule has 0 unspecified atom stereocenters. The van der Waals surface area contributed by atoms with Gasteiger partial charge in [-0.05, 0) is 24.6 Å². The molecule has 0 fully saturated rings. The predicted octanol–water partition coefficient (Wildman–Crippen LogP) is 1.03. The Morgan fingerprint density at radius 3 is 2.70 bits per heavy atom. The molecular formula is C14H17N3O3. The van der Waals surface area contributed by atoms with E-state index in [0.29, 0.717) is 17.7 Å². The summed E-state index contributed by atoms with van der Waals surface area (Å²) in [5.74, 6) is -1.15. The maximum atomic E-state index is 11.9. The molecule has 3 amide bonds. The third-order valence-corrected chi connectivity index (χ3v) is 3.21. The zero-order valence-electron chi connectivity index (χ0n) is 11.2. The van der Waals surface area contributed by atoms with Gasteiger partial charge in [-0.25, -0.2) is 0 Å². The predicted molar refractivity (Wildman–Crippen MR) is 74.4 cm³/mol. The van der Waals surface area contributed by atoms with Crippen molar-refractivity contribution in [2.75, 3.05) is 5.32 Å².